The van der Waals surface area contributed by atoms with Gasteiger partial charge < -0.3 is 10.1 Å². The van der Waals surface area contributed by atoms with Crippen LogP contribution < -0.4 is 10.1 Å². The highest BCUT2D eigenvalue weighted by Gasteiger charge is 2.16. The number of nitrogens with zero attached hydrogens (tertiary/aromatic N) is 3. The van der Waals surface area contributed by atoms with Crippen LogP contribution in [0.15, 0.2) is 30.5 Å². The standard InChI is InChI=1S/C13H14N4O4/c1-9-12(17(19)20)7-16(15-9)8-13(18)14-10-4-3-5-11(6-10)21-2/h3-7H,8H2,1-2H3,(H,14,18). The van der Waals surface area contributed by atoms with E-state index in [1.54, 1.807) is 24.3 Å². The SMILES string of the molecule is COc1cccc(NC(=O)Cn2cc([N+](=O)[O-])c(C)n2)c1. The van der Waals surface area contributed by atoms with Crippen molar-refractivity contribution in [2.45, 2.75) is 13.5 Å². The molecule has 1 N–H and O–H groups in total. The lowest BCUT2D eigenvalue weighted by Crippen LogP contribution is -2.19. The number of nitrogens with one attached hydrogen (secondary N) is 1. The topological polar surface area (TPSA) is 99.3 Å². The van der Waals surface area contributed by atoms with Crippen molar-refractivity contribution in [2.75, 3.05) is 12.4 Å². The van der Waals surface area contributed by atoms with Gasteiger partial charge in [-0.1, -0.05) is 6.07 Å². The molecule has 0 aliphatic rings. The summed E-state index contributed by atoms with van der Waals surface area (Å²) in [7, 11) is 1.53. The van der Waals surface area contributed by atoms with Gasteiger partial charge in [0.25, 0.3) is 0 Å². The molecule has 1 aromatic carbocycles. The van der Waals surface area contributed by atoms with E-state index in [4.69, 9.17) is 4.74 Å². The second-order valence-corrected chi connectivity index (χ2v) is 4.33. The molecule has 0 fully saturated rings. The molecule has 0 aliphatic heterocycles. The molecule has 1 amide bonds. The molecule has 0 unspecified atom stereocenters. The van der Waals surface area contributed by atoms with Crippen molar-refractivity contribution in [3.63, 3.8) is 0 Å². The first-order chi connectivity index (χ1) is 9.99. The average Bonchev–Trinajstić information content (AvgIpc) is 2.79. The van der Waals surface area contributed by atoms with Crippen molar-refractivity contribution in [3.05, 3.63) is 46.3 Å². The van der Waals surface area contributed by atoms with Crippen LogP contribution in [0.3, 0.4) is 0 Å². The quantitative estimate of drug-likeness (QED) is 0.668. The Bertz CT molecular complexity index is 681. The number of hydrogen-bond donors (Lipinski definition) is 1. The fourth-order valence-corrected chi connectivity index (χ4v) is 1.82. The number of amides is 1. The Morgan fingerprint density at radius 3 is 2.90 bits per heavy atom. The smallest absolute Gasteiger partial charge is 0.309 e. The molecule has 1 aromatic heterocycles. The molecule has 2 aromatic rings. The minimum Gasteiger partial charge on any atom is -0.497 e. The molecular formula is C13H14N4O4. The Hall–Kier alpha value is -2.90. The van der Waals surface area contributed by atoms with Crippen molar-refractivity contribution in [1.29, 1.82) is 0 Å². The molecule has 0 bridgehead atoms. The Labute approximate surface area is 120 Å². The van der Waals surface area contributed by atoms with Crippen LogP contribution in [0.2, 0.25) is 0 Å². The van der Waals surface area contributed by atoms with E-state index in [0.29, 0.717) is 11.4 Å². The first-order valence-corrected chi connectivity index (χ1v) is 6.12. The van der Waals surface area contributed by atoms with E-state index in [1.165, 1.54) is 24.9 Å². The largest absolute Gasteiger partial charge is 0.497 e. The van der Waals surface area contributed by atoms with Gasteiger partial charge in [-0.25, -0.2) is 0 Å². The van der Waals surface area contributed by atoms with Crippen molar-refractivity contribution in [3.8, 4) is 5.75 Å². The number of methoxy groups -OCH3 is 1. The Morgan fingerprint density at radius 1 is 1.52 bits per heavy atom. The summed E-state index contributed by atoms with van der Waals surface area (Å²) in [5, 5.41) is 17.3. The van der Waals surface area contributed by atoms with E-state index in [2.05, 4.69) is 10.4 Å². The molecule has 0 radical (unpaired) electrons. The highest BCUT2D eigenvalue weighted by molar-refractivity contribution is 5.90. The summed E-state index contributed by atoms with van der Waals surface area (Å²) in [5.41, 5.74) is 0.746. The van der Waals surface area contributed by atoms with Crippen LogP contribution in [0.25, 0.3) is 0 Å². The molecule has 8 heteroatoms. The van der Waals surface area contributed by atoms with E-state index in [1.807, 2.05) is 0 Å². The molecule has 0 saturated carbocycles. The Morgan fingerprint density at radius 2 is 2.29 bits per heavy atom. The lowest BCUT2D eigenvalue weighted by Gasteiger charge is -2.06. The van der Waals surface area contributed by atoms with Gasteiger partial charge in [-0.05, 0) is 19.1 Å². The summed E-state index contributed by atoms with van der Waals surface area (Å²) in [4.78, 5) is 22.1. The van der Waals surface area contributed by atoms with Gasteiger partial charge >= 0.3 is 5.69 Å². The molecule has 0 aliphatic carbocycles. The van der Waals surface area contributed by atoms with Crippen molar-refractivity contribution in [1.82, 2.24) is 9.78 Å². The molecular weight excluding hydrogens is 276 g/mol. The average molecular weight is 290 g/mol. The fourth-order valence-electron chi connectivity index (χ4n) is 1.82. The molecule has 110 valence electrons. The maximum absolute atomic E-state index is 11.9. The number of anilines is 1. The van der Waals surface area contributed by atoms with E-state index in [9.17, 15) is 14.9 Å². The van der Waals surface area contributed by atoms with Crippen LogP contribution in [0.4, 0.5) is 11.4 Å². The van der Waals surface area contributed by atoms with Crippen LogP contribution in [0.5, 0.6) is 5.75 Å². The number of hydrogen-bond acceptors (Lipinski definition) is 5. The molecule has 8 nitrogen and oxygen atoms in total. The zero-order chi connectivity index (χ0) is 15.4. The van der Waals surface area contributed by atoms with Crippen LogP contribution in [0, 0.1) is 17.0 Å². The number of carbonyl (C=O) groups is 1. The predicted molar refractivity (Wildman–Crippen MR) is 75.2 cm³/mol. The van der Waals surface area contributed by atoms with Crippen molar-refractivity contribution >= 4 is 17.3 Å². The Kier molecular flexibility index (Phi) is 4.17. The van der Waals surface area contributed by atoms with E-state index in [-0.39, 0.29) is 23.8 Å². The lowest BCUT2D eigenvalue weighted by molar-refractivity contribution is -0.385. The number of aryl methyl sites for hydroxylation is 1. The molecule has 2 rings (SSSR count). The van der Waals surface area contributed by atoms with Crippen LogP contribution >= 0.6 is 0 Å². The van der Waals surface area contributed by atoms with Gasteiger partial charge in [0, 0.05) is 11.8 Å². The minimum atomic E-state index is -0.529. The van der Waals surface area contributed by atoms with E-state index in [0.717, 1.165) is 0 Å². The summed E-state index contributed by atoms with van der Waals surface area (Å²) < 4.78 is 6.30. The van der Waals surface area contributed by atoms with E-state index < -0.39 is 4.92 Å². The number of benzene rings is 1. The number of carbonyl (C=O) groups excluding carboxylic acids is 1. The fraction of sp³-hybridized carbons (Fsp3) is 0.231. The normalized spacial score (nSPS) is 10.2. The third-order valence-electron chi connectivity index (χ3n) is 2.78. The predicted octanol–water partition coefficient (Wildman–Crippen LogP) is 1.75. The summed E-state index contributed by atoms with van der Waals surface area (Å²) in [6.45, 7) is 1.42. The highest BCUT2D eigenvalue weighted by atomic mass is 16.6. The maximum atomic E-state index is 11.9. The molecule has 0 saturated heterocycles. The second-order valence-electron chi connectivity index (χ2n) is 4.33. The van der Waals surface area contributed by atoms with Crippen LogP contribution in [-0.4, -0.2) is 27.7 Å². The van der Waals surface area contributed by atoms with E-state index >= 15 is 0 Å². The maximum Gasteiger partial charge on any atom is 0.309 e. The van der Waals surface area contributed by atoms with Gasteiger partial charge in [0.2, 0.25) is 5.91 Å². The van der Waals surface area contributed by atoms with Crippen LogP contribution in [0.1, 0.15) is 5.69 Å². The summed E-state index contributed by atoms with van der Waals surface area (Å²) in [6.07, 6.45) is 1.24. The molecule has 21 heavy (non-hydrogen) atoms. The number of rotatable bonds is 5. The van der Waals surface area contributed by atoms with Gasteiger partial charge in [0.05, 0.1) is 12.0 Å². The first-order valence-electron chi connectivity index (χ1n) is 6.12. The zero-order valence-corrected chi connectivity index (χ0v) is 11.6. The zero-order valence-electron chi connectivity index (χ0n) is 11.6. The van der Waals surface area contributed by atoms with Crippen molar-refractivity contribution in [2.24, 2.45) is 0 Å². The van der Waals surface area contributed by atoms with Gasteiger partial charge in [-0.3, -0.25) is 19.6 Å². The van der Waals surface area contributed by atoms with Crippen LogP contribution in [-0.2, 0) is 11.3 Å². The van der Waals surface area contributed by atoms with Gasteiger partial charge in [0.15, 0.2) is 0 Å². The highest BCUT2D eigenvalue weighted by Crippen LogP contribution is 2.17. The van der Waals surface area contributed by atoms with Gasteiger partial charge in [-0.2, -0.15) is 5.10 Å². The molecule has 0 spiro atoms. The summed E-state index contributed by atoms with van der Waals surface area (Å²) >= 11 is 0. The number of nitro groups is 1. The lowest BCUT2D eigenvalue weighted by atomic mass is 10.3. The van der Waals surface area contributed by atoms with Crippen molar-refractivity contribution < 1.29 is 14.5 Å². The minimum absolute atomic E-state index is 0.105. The summed E-state index contributed by atoms with van der Waals surface area (Å²) in [5.74, 6) is 0.291. The van der Waals surface area contributed by atoms with Gasteiger partial charge in [0.1, 0.15) is 24.2 Å². The summed E-state index contributed by atoms with van der Waals surface area (Å²) in [6, 6.07) is 6.90. The molecule has 0 atom stereocenters. The second kappa shape index (κ2) is 6.04. The molecule has 1 heterocycles. The Balaban J connectivity index is 2.04. The third-order valence-corrected chi connectivity index (χ3v) is 2.78. The monoisotopic (exact) mass is 290 g/mol. The number of aromatic nitrogens is 2. The van der Waals surface area contributed by atoms with Gasteiger partial charge in [-0.15, -0.1) is 0 Å². The number of ether oxygens (including phenoxy) is 1. The first kappa shape index (κ1) is 14.5. The third kappa shape index (κ3) is 3.56.